The molecule has 3 aromatic rings. The molecule has 0 bridgehead atoms. The first-order valence-electron chi connectivity index (χ1n) is 8.30. The van der Waals surface area contributed by atoms with Crippen molar-refractivity contribution in [2.45, 2.75) is 32.9 Å². The first-order valence-corrected chi connectivity index (χ1v) is 8.30. The Labute approximate surface area is 165 Å². The minimum atomic E-state index is -0.933. The van der Waals surface area contributed by atoms with Gasteiger partial charge in [-0.05, 0) is 25.5 Å². The SMILES string of the molecule is Cc1c([N+](=O)[O-])c(=O)oc2c(C)c3c(cc12)CC(C[n+]1ccccc1)O3.[Br-]. The smallest absolute Gasteiger partial charge is 0.415 e. The molecule has 0 N–H and O–H groups in total. The fourth-order valence-corrected chi connectivity index (χ4v) is 3.56. The number of nitrogens with zero attached hydrogens (tertiary/aromatic N) is 2. The van der Waals surface area contributed by atoms with Gasteiger partial charge in [-0.1, -0.05) is 6.07 Å². The Morgan fingerprint density at radius 2 is 1.93 bits per heavy atom. The van der Waals surface area contributed by atoms with Gasteiger partial charge in [0, 0.05) is 35.1 Å². The third-order valence-corrected chi connectivity index (χ3v) is 4.79. The fraction of sp³-hybridized carbons (Fsp3) is 0.263. The number of pyridine rings is 1. The van der Waals surface area contributed by atoms with E-state index in [-0.39, 0.29) is 23.1 Å². The Bertz CT molecular complexity index is 1090. The number of rotatable bonds is 3. The van der Waals surface area contributed by atoms with Crippen molar-refractivity contribution in [3.05, 3.63) is 73.9 Å². The van der Waals surface area contributed by atoms with Gasteiger partial charge in [-0.15, -0.1) is 0 Å². The van der Waals surface area contributed by atoms with Crippen molar-refractivity contribution >= 4 is 16.7 Å². The molecule has 1 atom stereocenters. The summed E-state index contributed by atoms with van der Waals surface area (Å²) in [5, 5.41) is 11.8. The minimum absolute atomic E-state index is 0. The number of hydrogen-bond donors (Lipinski definition) is 0. The summed E-state index contributed by atoms with van der Waals surface area (Å²) in [4.78, 5) is 22.5. The van der Waals surface area contributed by atoms with Gasteiger partial charge in [-0.2, -0.15) is 0 Å². The van der Waals surface area contributed by atoms with Gasteiger partial charge in [0.2, 0.25) is 0 Å². The van der Waals surface area contributed by atoms with Crippen LogP contribution in [0.3, 0.4) is 0 Å². The van der Waals surface area contributed by atoms with Crippen LogP contribution in [-0.4, -0.2) is 11.0 Å². The van der Waals surface area contributed by atoms with E-state index in [2.05, 4.69) is 0 Å². The van der Waals surface area contributed by atoms with Gasteiger partial charge in [-0.3, -0.25) is 10.1 Å². The van der Waals surface area contributed by atoms with E-state index in [1.807, 2.05) is 48.1 Å². The predicted molar refractivity (Wildman–Crippen MR) is 93.4 cm³/mol. The summed E-state index contributed by atoms with van der Waals surface area (Å²) in [5.41, 5.74) is 0.915. The highest BCUT2D eigenvalue weighted by Gasteiger charge is 2.31. The molecule has 1 aromatic carbocycles. The predicted octanol–water partition coefficient (Wildman–Crippen LogP) is -0.387. The second-order valence-corrected chi connectivity index (χ2v) is 6.50. The lowest BCUT2D eigenvalue weighted by atomic mass is 10.00. The second-order valence-electron chi connectivity index (χ2n) is 6.50. The molecule has 8 heteroatoms. The van der Waals surface area contributed by atoms with E-state index in [9.17, 15) is 14.9 Å². The molecule has 140 valence electrons. The van der Waals surface area contributed by atoms with Crippen LogP contribution >= 0.6 is 0 Å². The molecule has 4 rings (SSSR count). The number of hydrogen-bond acceptors (Lipinski definition) is 5. The summed E-state index contributed by atoms with van der Waals surface area (Å²) in [7, 11) is 0. The maximum absolute atomic E-state index is 12.0. The zero-order chi connectivity index (χ0) is 18.4. The summed E-state index contributed by atoms with van der Waals surface area (Å²) in [6, 6.07) is 7.71. The first kappa shape index (κ1) is 19.0. The summed E-state index contributed by atoms with van der Waals surface area (Å²) >= 11 is 0. The van der Waals surface area contributed by atoms with Gasteiger partial charge in [-0.25, -0.2) is 9.36 Å². The lowest BCUT2D eigenvalue weighted by molar-refractivity contribution is -0.702. The molecule has 0 saturated carbocycles. The normalized spacial score (nSPS) is 15.1. The Morgan fingerprint density at radius 1 is 1.22 bits per heavy atom. The standard InChI is InChI=1S/C19H17N2O5.BrH/c1-11-15-9-13-8-14(10-20-6-4-3-5-7-20)25-17(13)12(2)18(15)26-19(22)16(11)21(23)24;/h3-7,9,14H,8,10H2,1-2H3;1H/q+1;/p-1. The number of aryl methyl sites for hydroxylation is 2. The Morgan fingerprint density at radius 3 is 2.59 bits per heavy atom. The first-order chi connectivity index (χ1) is 12.5. The molecular formula is C19H17BrN2O5. The molecule has 27 heavy (non-hydrogen) atoms. The van der Waals surface area contributed by atoms with Crippen molar-refractivity contribution in [2.75, 3.05) is 0 Å². The lowest BCUT2D eigenvalue weighted by Gasteiger charge is -2.10. The molecule has 3 heterocycles. The van der Waals surface area contributed by atoms with Crippen LogP contribution in [0.2, 0.25) is 0 Å². The van der Waals surface area contributed by atoms with Crippen molar-refractivity contribution in [1.82, 2.24) is 0 Å². The van der Waals surface area contributed by atoms with Crippen molar-refractivity contribution in [3.63, 3.8) is 0 Å². The van der Waals surface area contributed by atoms with Crippen molar-refractivity contribution < 1.29 is 35.6 Å². The summed E-state index contributed by atoms with van der Waals surface area (Å²) in [6.45, 7) is 4.08. The molecule has 0 saturated heterocycles. The van der Waals surface area contributed by atoms with Crippen LogP contribution in [-0.2, 0) is 13.0 Å². The number of halogens is 1. The van der Waals surface area contributed by atoms with E-state index >= 15 is 0 Å². The molecule has 0 aliphatic carbocycles. The monoisotopic (exact) mass is 432 g/mol. The maximum Gasteiger partial charge on any atom is 0.415 e. The quantitative estimate of drug-likeness (QED) is 0.243. The highest BCUT2D eigenvalue weighted by Crippen LogP contribution is 2.39. The summed E-state index contributed by atoms with van der Waals surface area (Å²) < 4.78 is 13.4. The van der Waals surface area contributed by atoms with Crippen LogP contribution < -0.4 is 31.9 Å². The van der Waals surface area contributed by atoms with E-state index in [1.54, 1.807) is 6.92 Å². The van der Waals surface area contributed by atoms with E-state index in [0.29, 0.717) is 40.8 Å². The average Bonchev–Trinajstić information content (AvgIpc) is 3.00. The Kier molecular flexibility index (Phi) is 5.01. The van der Waals surface area contributed by atoms with Crippen LogP contribution in [0.15, 0.2) is 45.9 Å². The van der Waals surface area contributed by atoms with E-state index < -0.39 is 16.2 Å². The second kappa shape index (κ2) is 7.11. The topological polar surface area (TPSA) is 86.5 Å². The van der Waals surface area contributed by atoms with Gasteiger partial charge < -0.3 is 26.1 Å². The van der Waals surface area contributed by atoms with Crippen LogP contribution in [0.25, 0.3) is 11.0 Å². The molecule has 1 aliphatic rings. The molecule has 0 spiro atoms. The highest BCUT2D eigenvalue weighted by atomic mass is 79.9. The van der Waals surface area contributed by atoms with Gasteiger partial charge in [0.15, 0.2) is 25.0 Å². The van der Waals surface area contributed by atoms with E-state index in [4.69, 9.17) is 9.15 Å². The Hall–Kier alpha value is -2.74. The molecule has 0 amide bonds. The fourth-order valence-electron chi connectivity index (χ4n) is 3.56. The van der Waals surface area contributed by atoms with Crippen LogP contribution in [0.5, 0.6) is 5.75 Å². The van der Waals surface area contributed by atoms with Crippen molar-refractivity contribution in [2.24, 2.45) is 0 Å². The van der Waals surface area contributed by atoms with Gasteiger partial charge in [0.05, 0.1) is 4.92 Å². The van der Waals surface area contributed by atoms with E-state index in [1.165, 1.54) is 0 Å². The number of fused-ring (bicyclic) bond motifs is 2. The minimum Gasteiger partial charge on any atom is -1.00 e. The maximum atomic E-state index is 12.0. The number of nitro groups is 1. The largest absolute Gasteiger partial charge is 1.00 e. The van der Waals surface area contributed by atoms with Gasteiger partial charge in [0.1, 0.15) is 11.3 Å². The molecule has 7 nitrogen and oxygen atoms in total. The summed E-state index contributed by atoms with van der Waals surface area (Å²) in [6.07, 6.45) is 4.60. The number of benzene rings is 1. The third kappa shape index (κ3) is 3.21. The molecule has 0 fully saturated rings. The summed E-state index contributed by atoms with van der Waals surface area (Å²) in [5.74, 6) is 0.704. The molecule has 1 aliphatic heterocycles. The highest BCUT2D eigenvalue weighted by molar-refractivity contribution is 5.88. The van der Waals surface area contributed by atoms with Gasteiger partial charge in [0.25, 0.3) is 0 Å². The van der Waals surface area contributed by atoms with Crippen LogP contribution in [0.1, 0.15) is 16.7 Å². The van der Waals surface area contributed by atoms with Crippen molar-refractivity contribution in [3.8, 4) is 5.75 Å². The van der Waals surface area contributed by atoms with E-state index in [0.717, 1.165) is 5.56 Å². The zero-order valence-electron chi connectivity index (χ0n) is 14.8. The van der Waals surface area contributed by atoms with Crippen molar-refractivity contribution in [1.29, 1.82) is 0 Å². The Balaban J connectivity index is 0.00000210. The number of aromatic nitrogens is 1. The molecule has 2 aromatic heterocycles. The van der Waals surface area contributed by atoms with Crippen LogP contribution in [0, 0.1) is 24.0 Å². The number of ether oxygens (including phenoxy) is 1. The third-order valence-electron chi connectivity index (χ3n) is 4.79. The molecule has 0 radical (unpaired) electrons. The molecule has 1 unspecified atom stereocenters. The molecular weight excluding hydrogens is 416 g/mol. The lowest BCUT2D eigenvalue weighted by Crippen LogP contribution is -3.00. The average molecular weight is 433 g/mol. The van der Waals surface area contributed by atoms with Gasteiger partial charge >= 0.3 is 11.3 Å². The van der Waals surface area contributed by atoms with Crippen LogP contribution in [0.4, 0.5) is 5.69 Å². The zero-order valence-corrected chi connectivity index (χ0v) is 16.4.